The van der Waals surface area contributed by atoms with E-state index in [1.54, 1.807) is 43.5 Å². The summed E-state index contributed by atoms with van der Waals surface area (Å²) in [5.41, 5.74) is 1.04. The Morgan fingerprint density at radius 1 is 1.19 bits per heavy atom. The van der Waals surface area contributed by atoms with Crippen molar-refractivity contribution in [2.45, 2.75) is 25.3 Å². The minimum Gasteiger partial charge on any atom is -0.493 e. The van der Waals surface area contributed by atoms with Crippen molar-refractivity contribution < 1.29 is 23.4 Å². The van der Waals surface area contributed by atoms with Crippen LogP contribution in [0.1, 0.15) is 36.1 Å². The molecule has 1 amide bonds. The Morgan fingerprint density at radius 3 is 2.66 bits per heavy atom. The van der Waals surface area contributed by atoms with E-state index < -0.39 is 0 Å². The van der Waals surface area contributed by atoms with Gasteiger partial charge in [0.15, 0.2) is 18.1 Å². The molecular formula is C24H25ClN2O5. The van der Waals surface area contributed by atoms with E-state index in [9.17, 15) is 4.79 Å². The minimum absolute atomic E-state index is 0.136. The molecule has 1 unspecified atom stereocenters. The molecule has 1 fully saturated rings. The molecule has 1 aliphatic heterocycles. The van der Waals surface area contributed by atoms with Crippen LogP contribution >= 0.6 is 11.6 Å². The first-order valence-electron chi connectivity index (χ1n) is 10.4. The lowest BCUT2D eigenvalue weighted by atomic mass is 10.1. The van der Waals surface area contributed by atoms with Gasteiger partial charge in [0, 0.05) is 18.0 Å². The highest BCUT2D eigenvalue weighted by Gasteiger charge is 2.33. The zero-order valence-corrected chi connectivity index (χ0v) is 18.8. The lowest BCUT2D eigenvalue weighted by Crippen LogP contribution is -2.34. The third-order valence-electron chi connectivity index (χ3n) is 5.42. The Hall–Kier alpha value is -3.19. The predicted molar refractivity (Wildman–Crippen MR) is 119 cm³/mol. The van der Waals surface area contributed by atoms with E-state index in [0.717, 1.165) is 24.2 Å². The van der Waals surface area contributed by atoms with Crippen molar-refractivity contribution in [3.63, 3.8) is 0 Å². The molecule has 2 aromatic carbocycles. The van der Waals surface area contributed by atoms with E-state index >= 15 is 0 Å². The quantitative estimate of drug-likeness (QED) is 0.490. The van der Waals surface area contributed by atoms with Crippen LogP contribution in [0.3, 0.4) is 0 Å². The second-order valence-corrected chi connectivity index (χ2v) is 7.93. The number of carbonyl (C=O) groups is 1. The number of carbonyl (C=O) groups excluding carboxylic acids is 1. The third-order valence-corrected chi connectivity index (χ3v) is 5.65. The Kier molecular flexibility index (Phi) is 6.85. The van der Waals surface area contributed by atoms with Gasteiger partial charge in [-0.1, -0.05) is 29.8 Å². The fraction of sp³-hybridized carbons (Fsp3) is 0.333. The molecule has 2 heterocycles. The van der Waals surface area contributed by atoms with Crippen molar-refractivity contribution >= 4 is 17.5 Å². The Bertz CT molecular complexity index is 1060. The number of hydrogen-bond donors (Lipinski definition) is 0. The van der Waals surface area contributed by atoms with Gasteiger partial charge in [0.25, 0.3) is 5.91 Å². The summed E-state index contributed by atoms with van der Waals surface area (Å²) in [6, 6.07) is 12.7. The van der Waals surface area contributed by atoms with E-state index in [4.69, 9.17) is 30.2 Å². The van der Waals surface area contributed by atoms with Gasteiger partial charge in [0.05, 0.1) is 20.4 Å². The van der Waals surface area contributed by atoms with Crippen molar-refractivity contribution in [1.29, 1.82) is 0 Å². The fourth-order valence-electron chi connectivity index (χ4n) is 3.90. The molecule has 32 heavy (non-hydrogen) atoms. The molecule has 7 nitrogen and oxygen atoms in total. The molecule has 1 aliphatic rings. The number of likely N-dealkylation sites (tertiary alicyclic amines) is 1. The van der Waals surface area contributed by atoms with E-state index in [-0.39, 0.29) is 18.6 Å². The number of ether oxygens (including phenoxy) is 3. The number of rotatable bonds is 8. The molecule has 1 aromatic heterocycles. The van der Waals surface area contributed by atoms with Crippen LogP contribution in [-0.4, -0.2) is 43.2 Å². The number of halogens is 1. The molecule has 0 N–H and O–H groups in total. The highest BCUT2D eigenvalue weighted by Crippen LogP contribution is 2.37. The average molecular weight is 457 g/mol. The molecule has 1 atom stereocenters. The van der Waals surface area contributed by atoms with Crippen LogP contribution in [0.4, 0.5) is 0 Å². The summed E-state index contributed by atoms with van der Waals surface area (Å²) in [6.07, 6.45) is 3.97. The van der Waals surface area contributed by atoms with Gasteiger partial charge >= 0.3 is 0 Å². The summed E-state index contributed by atoms with van der Waals surface area (Å²) in [7, 11) is 3.09. The summed E-state index contributed by atoms with van der Waals surface area (Å²) in [5.74, 6) is 2.55. The molecule has 1 saturated heterocycles. The van der Waals surface area contributed by atoms with E-state index in [2.05, 4.69) is 4.98 Å². The summed E-state index contributed by atoms with van der Waals surface area (Å²) < 4.78 is 22.5. The van der Waals surface area contributed by atoms with Crippen molar-refractivity contribution in [1.82, 2.24) is 9.88 Å². The molecule has 0 radical (unpaired) electrons. The average Bonchev–Trinajstić information content (AvgIpc) is 3.46. The molecule has 4 rings (SSSR count). The second-order valence-electron chi connectivity index (χ2n) is 7.50. The van der Waals surface area contributed by atoms with Gasteiger partial charge in [0.2, 0.25) is 11.6 Å². The van der Waals surface area contributed by atoms with Gasteiger partial charge < -0.3 is 23.5 Å². The maximum atomic E-state index is 13.0. The predicted octanol–water partition coefficient (Wildman–Crippen LogP) is 4.68. The zero-order chi connectivity index (χ0) is 22.5. The summed E-state index contributed by atoms with van der Waals surface area (Å²) in [6.45, 7) is 0.491. The maximum Gasteiger partial charge on any atom is 0.261 e. The number of para-hydroxylation sites is 1. The van der Waals surface area contributed by atoms with Crippen molar-refractivity contribution in [2.75, 3.05) is 27.4 Å². The van der Waals surface area contributed by atoms with Crippen LogP contribution in [-0.2, 0) is 11.2 Å². The smallest absolute Gasteiger partial charge is 0.261 e. The van der Waals surface area contributed by atoms with Gasteiger partial charge in [0.1, 0.15) is 11.8 Å². The molecule has 0 bridgehead atoms. The zero-order valence-electron chi connectivity index (χ0n) is 18.0. The minimum atomic E-state index is -0.209. The Morgan fingerprint density at radius 2 is 1.94 bits per heavy atom. The Balaban J connectivity index is 1.43. The van der Waals surface area contributed by atoms with Gasteiger partial charge in [-0.3, -0.25) is 4.79 Å². The van der Waals surface area contributed by atoms with E-state index in [1.165, 1.54) is 0 Å². The Labute approximate surface area is 191 Å². The molecule has 168 valence electrons. The fourth-order valence-corrected chi connectivity index (χ4v) is 4.12. The van der Waals surface area contributed by atoms with Gasteiger partial charge in [-0.15, -0.1) is 0 Å². The first-order chi connectivity index (χ1) is 15.6. The normalized spacial score (nSPS) is 15.6. The lowest BCUT2D eigenvalue weighted by Gasteiger charge is -2.23. The number of hydrogen-bond acceptors (Lipinski definition) is 6. The summed E-state index contributed by atoms with van der Waals surface area (Å²) in [4.78, 5) is 19.2. The number of methoxy groups -OCH3 is 2. The standard InChI is InChI=1S/C24H25ClN2O5/c1-29-20-9-4-10-21(30-2)23(20)31-15-22(28)27-11-5-8-19(27)24-26-14-18(32-24)13-16-6-3-7-17(25)12-16/h3-4,6-7,9-10,12,14,19H,5,8,11,13,15H2,1-2H3. The number of aromatic nitrogens is 1. The first kappa shape index (κ1) is 22.0. The van der Waals surface area contributed by atoms with Gasteiger partial charge in [-0.25, -0.2) is 4.98 Å². The third kappa shape index (κ3) is 4.83. The topological polar surface area (TPSA) is 74.0 Å². The molecule has 0 aliphatic carbocycles. The molecule has 3 aromatic rings. The van der Waals surface area contributed by atoms with Crippen molar-refractivity contribution in [3.8, 4) is 17.2 Å². The van der Waals surface area contributed by atoms with Crippen LogP contribution in [0.25, 0.3) is 0 Å². The highest BCUT2D eigenvalue weighted by atomic mass is 35.5. The van der Waals surface area contributed by atoms with Crippen LogP contribution in [0.2, 0.25) is 5.02 Å². The van der Waals surface area contributed by atoms with E-state index in [0.29, 0.717) is 41.1 Å². The van der Waals surface area contributed by atoms with Crippen LogP contribution in [0.15, 0.2) is 53.1 Å². The number of benzene rings is 2. The molecule has 8 heteroatoms. The SMILES string of the molecule is COc1cccc(OC)c1OCC(=O)N1CCCC1c1ncc(Cc2cccc(Cl)c2)o1. The van der Waals surface area contributed by atoms with Gasteiger partial charge in [-0.2, -0.15) is 0 Å². The number of amides is 1. The largest absolute Gasteiger partial charge is 0.493 e. The first-order valence-corrected chi connectivity index (χ1v) is 10.8. The van der Waals surface area contributed by atoms with E-state index in [1.807, 2.05) is 24.3 Å². The lowest BCUT2D eigenvalue weighted by molar-refractivity contribution is -0.134. The maximum absolute atomic E-state index is 13.0. The molecule has 0 saturated carbocycles. The van der Waals surface area contributed by atoms with Crippen molar-refractivity contribution in [2.24, 2.45) is 0 Å². The van der Waals surface area contributed by atoms with Crippen LogP contribution < -0.4 is 14.2 Å². The van der Waals surface area contributed by atoms with Crippen LogP contribution in [0.5, 0.6) is 17.2 Å². The molecule has 0 spiro atoms. The van der Waals surface area contributed by atoms with Gasteiger partial charge in [-0.05, 0) is 42.7 Å². The number of oxazole rings is 1. The van der Waals surface area contributed by atoms with Crippen molar-refractivity contribution in [3.05, 3.63) is 70.9 Å². The van der Waals surface area contributed by atoms with Crippen LogP contribution in [0, 0.1) is 0 Å². The number of nitrogens with zero attached hydrogens (tertiary/aromatic N) is 2. The highest BCUT2D eigenvalue weighted by molar-refractivity contribution is 6.30. The monoisotopic (exact) mass is 456 g/mol. The summed E-state index contributed by atoms with van der Waals surface area (Å²) in [5, 5.41) is 0.682. The summed E-state index contributed by atoms with van der Waals surface area (Å²) >= 11 is 6.07. The second kappa shape index (κ2) is 9.96. The molecular weight excluding hydrogens is 432 g/mol.